The minimum absolute atomic E-state index is 0.0537. The van der Waals surface area contributed by atoms with E-state index in [1.807, 2.05) is 19.1 Å². The van der Waals surface area contributed by atoms with E-state index in [-0.39, 0.29) is 6.04 Å². The summed E-state index contributed by atoms with van der Waals surface area (Å²) in [6.07, 6.45) is 0. The van der Waals surface area contributed by atoms with Crippen molar-refractivity contribution >= 4 is 15.9 Å². The highest BCUT2D eigenvalue weighted by Gasteiger charge is 2.12. The molecule has 0 aliphatic rings. The van der Waals surface area contributed by atoms with Crippen LogP contribution in [0.5, 0.6) is 0 Å². The highest BCUT2D eigenvalue weighted by atomic mass is 79.9. The molecular formula is C10H15BrN2O. The first-order valence-corrected chi connectivity index (χ1v) is 5.26. The molecule has 1 atom stereocenters. The molecule has 0 amide bonds. The van der Waals surface area contributed by atoms with E-state index in [1.54, 1.807) is 0 Å². The van der Waals surface area contributed by atoms with E-state index < -0.39 is 0 Å². The van der Waals surface area contributed by atoms with Crippen LogP contribution in [0.25, 0.3) is 0 Å². The number of nitrogens with two attached hydrogens (primary N) is 1. The maximum Gasteiger partial charge on any atom is 0.169 e. The Morgan fingerprint density at radius 3 is 2.86 bits per heavy atom. The van der Waals surface area contributed by atoms with E-state index in [1.165, 1.54) is 0 Å². The van der Waals surface area contributed by atoms with Crippen molar-refractivity contribution in [2.75, 3.05) is 13.1 Å². The Hall–Kier alpha value is -0.580. The molecular weight excluding hydrogens is 244 g/mol. The van der Waals surface area contributed by atoms with Gasteiger partial charge in [-0.1, -0.05) is 12.2 Å². The van der Waals surface area contributed by atoms with Crippen molar-refractivity contribution < 1.29 is 4.42 Å². The van der Waals surface area contributed by atoms with Crippen LogP contribution in [-0.2, 0) is 0 Å². The third-order valence-corrected chi connectivity index (χ3v) is 2.25. The number of furan rings is 1. The number of hydrogen-bond donors (Lipinski definition) is 2. The Bertz CT molecular complexity index is 309. The predicted octanol–water partition coefficient (Wildman–Crippen LogP) is 2.21. The lowest BCUT2D eigenvalue weighted by molar-refractivity contribution is 0.413. The summed E-state index contributed by atoms with van der Waals surface area (Å²) in [7, 11) is 0. The Balaban J connectivity index is 2.58. The van der Waals surface area contributed by atoms with E-state index in [2.05, 4.69) is 27.8 Å². The van der Waals surface area contributed by atoms with Crippen molar-refractivity contribution in [2.24, 2.45) is 5.73 Å². The van der Waals surface area contributed by atoms with Crippen molar-refractivity contribution in [1.29, 1.82) is 0 Å². The second-order valence-electron chi connectivity index (χ2n) is 3.27. The summed E-state index contributed by atoms with van der Waals surface area (Å²) in [6, 6.07) is 3.83. The summed E-state index contributed by atoms with van der Waals surface area (Å²) >= 11 is 3.26. The average molecular weight is 259 g/mol. The summed E-state index contributed by atoms with van der Waals surface area (Å²) in [5, 5.41) is 3.26. The fraction of sp³-hybridized carbons (Fsp3) is 0.400. The highest BCUT2D eigenvalue weighted by molar-refractivity contribution is 9.10. The summed E-state index contributed by atoms with van der Waals surface area (Å²) in [4.78, 5) is 0. The topological polar surface area (TPSA) is 51.2 Å². The van der Waals surface area contributed by atoms with Crippen LogP contribution in [0.15, 0.2) is 33.4 Å². The molecule has 0 aromatic carbocycles. The van der Waals surface area contributed by atoms with Crippen molar-refractivity contribution in [2.45, 2.75) is 13.0 Å². The van der Waals surface area contributed by atoms with Gasteiger partial charge in [-0.05, 0) is 35.0 Å². The maximum atomic E-state index is 5.63. The van der Waals surface area contributed by atoms with E-state index in [0.29, 0.717) is 6.54 Å². The van der Waals surface area contributed by atoms with Gasteiger partial charge in [-0.3, -0.25) is 0 Å². The van der Waals surface area contributed by atoms with E-state index in [9.17, 15) is 0 Å². The summed E-state index contributed by atoms with van der Waals surface area (Å²) < 4.78 is 6.14. The van der Waals surface area contributed by atoms with Gasteiger partial charge in [0.15, 0.2) is 4.67 Å². The molecule has 1 rings (SSSR count). The standard InChI is InChI=1S/C10H15BrN2O/c1-7(2)6-13-8(5-12)9-3-4-10(11)14-9/h3-4,8,13H,1,5-6,12H2,2H3. The molecule has 1 aromatic rings. The van der Waals surface area contributed by atoms with Crippen molar-refractivity contribution in [1.82, 2.24) is 5.32 Å². The van der Waals surface area contributed by atoms with Crippen LogP contribution in [0.3, 0.4) is 0 Å². The van der Waals surface area contributed by atoms with Gasteiger partial charge >= 0.3 is 0 Å². The van der Waals surface area contributed by atoms with Crippen LogP contribution in [0.2, 0.25) is 0 Å². The van der Waals surface area contributed by atoms with Crippen LogP contribution in [0.1, 0.15) is 18.7 Å². The molecule has 0 radical (unpaired) electrons. The van der Waals surface area contributed by atoms with Crippen LogP contribution >= 0.6 is 15.9 Å². The monoisotopic (exact) mass is 258 g/mol. The van der Waals surface area contributed by atoms with Crippen LogP contribution in [0.4, 0.5) is 0 Å². The molecule has 0 saturated heterocycles. The van der Waals surface area contributed by atoms with Gasteiger partial charge < -0.3 is 15.5 Å². The zero-order chi connectivity index (χ0) is 10.6. The first-order valence-electron chi connectivity index (χ1n) is 4.46. The molecule has 3 N–H and O–H groups in total. The van der Waals surface area contributed by atoms with Gasteiger partial charge in [0.05, 0.1) is 6.04 Å². The molecule has 14 heavy (non-hydrogen) atoms. The molecule has 1 unspecified atom stereocenters. The fourth-order valence-corrected chi connectivity index (χ4v) is 1.43. The summed E-state index contributed by atoms with van der Waals surface area (Å²) in [5.41, 5.74) is 6.71. The quantitative estimate of drug-likeness (QED) is 0.797. The molecule has 1 heterocycles. The average Bonchev–Trinajstić information content (AvgIpc) is 2.53. The first-order chi connectivity index (χ1) is 6.63. The number of hydrogen-bond acceptors (Lipinski definition) is 3. The van der Waals surface area contributed by atoms with E-state index >= 15 is 0 Å². The zero-order valence-corrected chi connectivity index (χ0v) is 9.80. The highest BCUT2D eigenvalue weighted by Crippen LogP contribution is 2.19. The molecule has 3 nitrogen and oxygen atoms in total. The third kappa shape index (κ3) is 3.29. The van der Waals surface area contributed by atoms with Gasteiger partial charge in [-0.2, -0.15) is 0 Å². The van der Waals surface area contributed by atoms with Gasteiger partial charge in [-0.15, -0.1) is 0 Å². The second-order valence-corrected chi connectivity index (χ2v) is 4.05. The van der Waals surface area contributed by atoms with Crippen molar-refractivity contribution in [3.05, 3.63) is 34.7 Å². The van der Waals surface area contributed by atoms with Crippen LogP contribution < -0.4 is 11.1 Å². The lowest BCUT2D eigenvalue weighted by Crippen LogP contribution is -2.28. The van der Waals surface area contributed by atoms with Crippen LogP contribution in [-0.4, -0.2) is 13.1 Å². The van der Waals surface area contributed by atoms with Crippen molar-refractivity contribution in [3.8, 4) is 0 Å². The van der Waals surface area contributed by atoms with Crippen molar-refractivity contribution in [3.63, 3.8) is 0 Å². The molecule has 0 aliphatic carbocycles. The molecule has 0 spiro atoms. The molecule has 0 bridgehead atoms. The van der Waals surface area contributed by atoms with Gasteiger partial charge in [0.25, 0.3) is 0 Å². The van der Waals surface area contributed by atoms with Gasteiger partial charge in [-0.25, -0.2) is 0 Å². The molecule has 4 heteroatoms. The van der Waals surface area contributed by atoms with Crippen LogP contribution in [0, 0.1) is 0 Å². The van der Waals surface area contributed by atoms with Gasteiger partial charge in [0.1, 0.15) is 5.76 Å². The smallest absolute Gasteiger partial charge is 0.169 e. The molecule has 0 fully saturated rings. The second kappa shape index (κ2) is 5.34. The van der Waals surface area contributed by atoms with Gasteiger partial charge in [0.2, 0.25) is 0 Å². The largest absolute Gasteiger partial charge is 0.453 e. The molecule has 1 aromatic heterocycles. The minimum atomic E-state index is 0.0537. The number of rotatable bonds is 5. The Morgan fingerprint density at radius 2 is 2.43 bits per heavy atom. The predicted molar refractivity (Wildman–Crippen MR) is 61.0 cm³/mol. The Kier molecular flexibility index (Phi) is 4.38. The maximum absolute atomic E-state index is 5.63. The lowest BCUT2D eigenvalue weighted by Gasteiger charge is -2.13. The summed E-state index contributed by atoms with van der Waals surface area (Å²) in [6.45, 7) is 7.05. The summed E-state index contributed by atoms with van der Waals surface area (Å²) in [5.74, 6) is 0.848. The zero-order valence-electron chi connectivity index (χ0n) is 8.22. The normalized spacial score (nSPS) is 12.8. The SMILES string of the molecule is C=C(C)CNC(CN)c1ccc(Br)o1. The first kappa shape index (κ1) is 11.5. The lowest BCUT2D eigenvalue weighted by atomic mass is 10.2. The van der Waals surface area contributed by atoms with E-state index in [0.717, 1.165) is 22.5 Å². The number of nitrogens with one attached hydrogen (secondary N) is 1. The Morgan fingerprint density at radius 1 is 1.71 bits per heavy atom. The van der Waals surface area contributed by atoms with E-state index in [4.69, 9.17) is 10.2 Å². The molecule has 78 valence electrons. The minimum Gasteiger partial charge on any atom is -0.453 e. The molecule has 0 aliphatic heterocycles. The van der Waals surface area contributed by atoms with Gasteiger partial charge in [0, 0.05) is 13.1 Å². The fourth-order valence-electron chi connectivity index (χ4n) is 1.11. The third-order valence-electron chi connectivity index (χ3n) is 1.82. The number of halogens is 1. The molecule has 0 saturated carbocycles. The Labute approximate surface area is 92.5 Å².